The summed E-state index contributed by atoms with van der Waals surface area (Å²) in [5.74, 6) is -3.21. The van der Waals surface area contributed by atoms with Gasteiger partial charge in [-0.15, -0.1) is 0 Å². The second-order valence-corrected chi connectivity index (χ2v) is 3.59. The van der Waals surface area contributed by atoms with Gasteiger partial charge in [0.05, 0.1) is 12.6 Å². The number of carboxylic acids is 2. The van der Waals surface area contributed by atoms with Crippen LogP contribution in [-0.2, 0) is 9.59 Å². The first-order valence-electron chi connectivity index (χ1n) is 5.03. The molecule has 0 bridgehead atoms. The van der Waals surface area contributed by atoms with Crippen LogP contribution in [0, 0.1) is 5.82 Å². The van der Waals surface area contributed by atoms with Gasteiger partial charge in [-0.3, -0.25) is 10.1 Å². The van der Waals surface area contributed by atoms with Crippen molar-refractivity contribution in [1.29, 1.82) is 0 Å². The van der Waals surface area contributed by atoms with E-state index in [9.17, 15) is 19.1 Å². The van der Waals surface area contributed by atoms with E-state index in [0.717, 1.165) is 12.1 Å². The lowest BCUT2D eigenvalue weighted by Gasteiger charge is -2.21. The van der Waals surface area contributed by atoms with E-state index in [1.807, 2.05) is 0 Å². The summed E-state index contributed by atoms with van der Waals surface area (Å²) in [5.41, 5.74) is 0.285. The normalized spacial score (nSPS) is 13.9. The number of benzene rings is 1. The standard InChI is InChI=1S/C11H12FNO5/c12-7-3-1-6(2-4-7)9(10(16)11(17)18)13-5-8(14)15/h1-4,9-10,13,16H,5H2,(H,14,15)(H,17,18). The van der Waals surface area contributed by atoms with Gasteiger partial charge in [0.1, 0.15) is 5.82 Å². The highest BCUT2D eigenvalue weighted by Crippen LogP contribution is 2.17. The van der Waals surface area contributed by atoms with Crippen molar-refractivity contribution in [3.63, 3.8) is 0 Å². The van der Waals surface area contributed by atoms with Gasteiger partial charge in [0, 0.05) is 0 Å². The van der Waals surface area contributed by atoms with Gasteiger partial charge in [0.15, 0.2) is 6.10 Å². The molecule has 0 aliphatic carbocycles. The lowest BCUT2D eigenvalue weighted by atomic mass is 10.0. The van der Waals surface area contributed by atoms with E-state index in [1.165, 1.54) is 12.1 Å². The van der Waals surface area contributed by atoms with Gasteiger partial charge in [-0.1, -0.05) is 12.1 Å². The molecule has 7 heteroatoms. The molecule has 0 aromatic heterocycles. The minimum Gasteiger partial charge on any atom is -0.480 e. The number of aliphatic hydroxyl groups excluding tert-OH is 1. The van der Waals surface area contributed by atoms with Crippen LogP contribution in [0.15, 0.2) is 24.3 Å². The zero-order valence-corrected chi connectivity index (χ0v) is 9.21. The van der Waals surface area contributed by atoms with Gasteiger partial charge >= 0.3 is 11.9 Å². The zero-order chi connectivity index (χ0) is 13.7. The summed E-state index contributed by atoms with van der Waals surface area (Å²) in [7, 11) is 0. The Hall–Kier alpha value is -1.99. The Morgan fingerprint density at radius 3 is 2.22 bits per heavy atom. The summed E-state index contributed by atoms with van der Waals surface area (Å²) in [4.78, 5) is 21.1. The predicted octanol–water partition coefficient (Wildman–Crippen LogP) is -0.0135. The SMILES string of the molecule is O=C(O)CNC(c1ccc(F)cc1)C(O)C(=O)O. The van der Waals surface area contributed by atoms with E-state index in [-0.39, 0.29) is 5.56 Å². The minimum absolute atomic E-state index is 0.285. The number of rotatable bonds is 6. The van der Waals surface area contributed by atoms with Crippen LogP contribution < -0.4 is 5.32 Å². The average Bonchev–Trinajstić information content (AvgIpc) is 2.30. The molecule has 0 heterocycles. The van der Waals surface area contributed by atoms with Gasteiger partial charge in [-0.05, 0) is 17.7 Å². The van der Waals surface area contributed by atoms with Gasteiger partial charge in [-0.25, -0.2) is 9.18 Å². The van der Waals surface area contributed by atoms with Crippen molar-refractivity contribution in [3.8, 4) is 0 Å². The molecule has 1 aromatic rings. The smallest absolute Gasteiger partial charge is 0.334 e. The number of hydrogen-bond donors (Lipinski definition) is 4. The lowest BCUT2D eigenvalue weighted by Crippen LogP contribution is -2.39. The second kappa shape index (κ2) is 6.08. The highest BCUT2D eigenvalue weighted by atomic mass is 19.1. The number of nitrogens with one attached hydrogen (secondary N) is 1. The molecule has 0 spiro atoms. The number of aliphatic carboxylic acids is 2. The number of aliphatic hydroxyl groups is 1. The molecule has 0 amide bonds. The fraction of sp³-hybridized carbons (Fsp3) is 0.273. The summed E-state index contributed by atoms with van der Waals surface area (Å²) >= 11 is 0. The third kappa shape index (κ3) is 3.79. The highest BCUT2D eigenvalue weighted by molar-refractivity contribution is 5.74. The first kappa shape index (κ1) is 14.1. The van der Waals surface area contributed by atoms with Crippen LogP contribution in [0.2, 0.25) is 0 Å². The van der Waals surface area contributed by atoms with Crippen LogP contribution in [0.1, 0.15) is 11.6 Å². The fourth-order valence-electron chi connectivity index (χ4n) is 1.42. The van der Waals surface area contributed by atoms with Crippen molar-refractivity contribution < 1.29 is 29.3 Å². The summed E-state index contributed by atoms with van der Waals surface area (Å²) in [6.07, 6.45) is -1.82. The third-order valence-electron chi connectivity index (χ3n) is 2.27. The van der Waals surface area contributed by atoms with Crippen LogP contribution in [0.25, 0.3) is 0 Å². The quantitative estimate of drug-likeness (QED) is 0.571. The summed E-state index contributed by atoms with van der Waals surface area (Å²) in [5, 5.41) is 29.1. The molecular weight excluding hydrogens is 245 g/mol. The molecule has 0 aliphatic heterocycles. The van der Waals surface area contributed by atoms with Crippen LogP contribution in [0.4, 0.5) is 4.39 Å². The van der Waals surface area contributed by atoms with E-state index >= 15 is 0 Å². The molecule has 6 nitrogen and oxygen atoms in total. The Morgan fingerprint density at radius 2 is 1.78 bits per heavy atom. The fourth-order valence-corrected chi connectivity index (χ4v) is 1.42. The molecular formula is C11H12FNO5. The van der Waals surface area contributed by atoms with Gasteiger partial charge in [-0.2, -0.15) is 0 Å². The average molecular weight is 257 g/mol. The number of halogens is 1. The number of carbonyl (C=O) groups is 2. The molecule has 0 fully saturated rings. The number of carboxylic acid groups (broad SMARTS) is 2. The maximum atomic E-state index is 12.7. The molecule has 0 aliphatic rings. The second-order valence-electron chi connectivity index (χ2n) is 3.59. The summed E-state index contributed by atoms with van der Waals surface area (Å²) < 4.78 is 12.7. The molecule has 4 N–H and O–H groups in total. The van der Waals surface area contributed by atoms with E-state index in [4.69, 9.17) is 10.2 Å². The molecule has 0 radical (unpaired) electrons. The van der Waals surface area contributed by atoms with Crippen molar-refractivity contribution in [2.75, 3.05) is 6.54 Å². The topological polar surface area (TPSA) is 107 Å². The van der Waals surface area contributed by atoms with E-state index < -0.39 is 36.4 Å². The minimum atomic E-state index is -1.82. The Morgan fingerprint density at radius 1 is 1.22 bits per heavy atom. The van der Waals surface area contributed by atoms with Crippen molar-refractivity contribution in [2.24, 2.45) is 0 Å². The Balaban J connectivity index is 2.92. The first-order valence-corrected chi connectivity index (χ1v) is 5.03. The van der Waals surface area contributed by atoms with Crippen molar-refractivity contribution in [3.05, 3.63) is 35.6 Å². The monoisotopic (exact) mass is 257 g/mol. The maximum Gasteiger partial charge on any atom is 0.334 e. The van der Waals surface area contributed by atoms with Crippen LogP contribution >= 0.6 is 0 Å². The summed E-state index contributed by atoms with van der Waals surface area (Å²) in [6, 6.07) is 3.62. The molecule has 2 atom stereocenters. The lowest BCUT2D eigenvalue weighted by molar-refractivity contribution is -0.149. The molecule has 18 heavy (non-hydrogen) atoms. The van der Waals surface area contributed by atoms with Crippen LogP contribution in [-0.4, -0.2) is 39.9 Å². The third-order valence-corrected chi connectivity index (χ3v) is 2.27. The van der Waals surface area contributed by atoms with Crippen molar-refractivity contribution >= 4 is 11.9 Å². The zero-order valence-electron chi connectivity index (χ0n) is 9.21. The maximum absolute atomic E-state index is 12.7. The first-order chi connectivity index (χ1) is 8.41. The molecule has 2 unspecified atom stereocenters. The molecule has 1 aromatic carbocycles. The Kier molecular flexibility index (Phi) is 4.75. The van der Waals surface area contributed by atoms with E-state index in [2.05, 4.69) is 5.32 Å². The Labute approximate surface area is 102 Å². The number of hydrogen-bond acceptors (Lipinski definition) is 4. The molecule has 0 saturated carbocycles. The highest BCUT2D eigenvalue weighted by Gasteiger charge is 2.27. The molecule has 1 rings (SSSR count). The van der Waals surface area contributed by atoms with Gasteiger partial charge in [0.2, 0.25) is 0 Å². The predicted molar refractivity (Wildman–Crippen MR) is 58.4 cm³/mol. The van der Waals surface area contributed by atoms with Crippen molar-refractivity contribution in [1.82, 2.24) is 5.32 Å². The van der Waals surface area contributed by atoms with Crippen molar-refractivity contribution in [2.45, 2.75) is 12.1 Å². The van der Waals surface area contributed by atoms with E-state index in [1.54, 1.807) is 0 Å². The molecule has 98 valence electrons. The van der Waals surface area contributed by atoms with Gasteiger partial charge in [0.25, 0.3) is 0 Å². The largest absolute Gasteiger partial charge is 0.480 e. The summed E-state index contributed by atoms with van der Waals surface area (Å²) in [6.45, 7) is -0.521. The van der Waals surface area contributed by atoms with E-state index in [0.29, 0.717) is 0 Å². The van der Waals surface area contributed by atoms with Gasteiger partial charge < -0.3 is 15.3 Å². The Bertz CT molecular complexity index is 434. The van der Waals surface area contributed by atoms with Crippen LogP contribution in [0.5, 0.6) is 0 Å². The molecule has 0 saturated heterocycles. The van der Waals surface area contributed by atoms with Crippen LogP contribution in [0.3, 0.4) is 0 Å².